The summed E-state index contributed by atoms with van der Waals surface area (Å²) >= 11 is 2.80. The molecule has 3 saturated carbocycles. The smallest absolute Gasteiger partial charge is 0.408 e. The number of thiazole rings is 1. The van der Waals surface area contributed by atoms with Crippen LogP contribution in [0.1, 0.15) is 72.1 Å². The Morgan fingerprint density at radius 1 is 1.07 bits per heavy atom. The maximum atomic E-state index is 14.7. The zero-order valence-electron chi connectivity index (χ0n) is 32.0. The predicted molar refractivity (Wildman–Crippen MR) is 213 cm³/mol. The summed E-state index contributed by atoms with van der Waals surface area (Å²) in [6, 6.07) is 8.79. The fraction of sp³-hybridized carbons (Fsp3) is 0.513. The van der Waals surface area contributed by atoms with E-state index in [1.165, 1.54) is 34.1 Å². The molecule has 1 saturated heterocycles. The van der Waals surface area contributed by atoms with Gasteiger partial charge in [-0.25, -0.2) is 23.2 Å². The number of ether oxygens (including phenoxy) is 2. The number of aromatic nitrogens is 3. The molecule has 1 aromatic carbocycles. The average molecular weight is 838 g/mol. The van der Waals surface area contributed by atoms with Crippen molar-refractivity contribution >= 4 is 56.9 Å². The Morgan fingerprint density at radius 2 is 1.81 bits per heavy atom. The van der Waals surface area contributed by atoms with Crippen molar-refractivity contribution in [3.8, 4) is 17.3 Å². The number of sulfonamides is 1. The first kappa shape index (κ1) is 40.6. The Balaban J connectivity index is 1.17. The quantitative estimate of drug-likeness (QED) is 0.148. The molecule has 57 heavy (non-hydrogen) atoms. The molecule has 1 unspecified atom stereocenters. The van der Waals surface area contributed by atoms with Crippen LogP contribution < -0.4 is 20.1 Å². The van der Waals surface area contributed by atoms with Crippen LogP contribution in [0.3, 0.4) is 0 Å². The second-order valence-electron chi connectivity index (χ2n) is 16.1. The number of hydrogen-bond donors (Lipinski definition) is 3. The second kappa shape index (κ2) is 16.4. The zero-order valence-corrected chi connectivity index (χ0v) is 34.5. The third-order valence-electron chi connectivity index (χ3n) is 10.6. The number of amides is 4. The summed E-state index contributed by atoms with van der Waals surface area (Å²) in [6.07, 6.45) is 5.92. The summed E-state index contributed by atoms with van der Waals surface area (Å²) in [7, 11) is -3.91. The maximum absolute atomic E-state index is 14.7. The van der Waals surface area contributed by atoms with Crippen LogP contribution >= 0.6 is 23.1 Å². The third-order valence-corrected chi connectivity index (χ3v) is 14.3. The predicted octanol–water partition coefficient (Wildman–Crippen LogP) is 4.85. The third kappa shape index (κ3) is 9.44. The molecule has 3 heterocycles. The van der Waals surface area contributed by atoms with Gasteiger partial charge in [0.25, 0.3) is 5.91 Å². The summed E-state index contributed by atoms with van der Waals surface area (Å²) in [5.74, 6) is -1.98. The molecular formula is C39H47N7O8S3. The highest BCUT2D eigenvalue weighted by Gasteiger charge is 2.62. The van der Waals surface area contributed by atoms with Crippen molar-refractivity contribution in [3.05, 3.63) is 60.6 Å². The Labute approximate surface area is 340 Å². The molecule has 0 spiro atoms. The molecule has 304 valence electrons. The number of likely N-dealkylation sites (tertiary alicyclic amines) is 1. The van der Waals surface area contributed by atoms with Gasteiger partial charge in [0, 0.05) is 35.5 Å². The molecular weight excluding hydrogens is 791 g/mol. The second-order valence-corrected chi connectivity index (χ2v) is 20.2. The van der Waals surface area contributed by atoms with Crippen molar-refractivity contribution in [1.82, 2.24) is 35.2 Å². The molecule has 3 aliphatic carbocycles. The molecule has 15 nitrogen and oxygen atoms in total. The van der Waals surface area contributed by atoms with E-state index in [-0.39, 0.29) is 31.4 Å². The number of alkyl carbamates (subject to hydrolysis) is 1. The van der Waals surface area contributed by atoms with Crippen LogP contribution in [0.5, 0.6) is 5.88 Å². The van der Waals surface area contributed by atoms with Crippen LogP contribution in [0.2, 0.25) is 0 Å². The molecule has 7 rings (SSSR count). The molecule has 4 aliphatic rings. The topological polar surface area (TPSA) is 199 Å². The van der Waals surface area contributed by atoms with Crippen LogP contribution in [0.25, 0.3) is 11.4 Å². The minimum Gasteiger partial charge on any atom is -0.472 e. The van der Waals surface area contributed by atoms with Gasteiger partial charge in [-0.2, -0.15) is 4.98 Å². The van der Waals surface area contributed by atoms with Gasteiger partial charge in [0.1, 0.15) is 34.9 Å². The van der Waals surface area contributed by atoms with Gasteiger partial charge in [-0.3, -0.25) is 19.1 Å². The maximum Gasteiger partial charge on any atom is 0.408 e. The van der Waals surface area contributed by atoms with Gasteiger partial charge in [0.05, 0.1) is 11.8 Å². The average Bonchev–Trinajstić information content (AvgIpc) is 3.94. The van der Waals surface area contributed by atoms with Crippen molar-refractivity contribution in [2.45, 2.75) is 117 Å². The first-order valence-corrected chi connectivity index (χ1v) is 22.4. The van der Waals surface area contributed by atoms with E-state index in [0.717, 1.165) is 35.6 Å². The Bertz CT molecular complexity index is 2100. The molecule has 3 N–H and O–H groups in total. The van der Waals surface area contributed by atoms with Crippen LogP contribution in [0.4, 0.5) is 4.79 Å². The Hall–Kier alpha value is -4.55. The van der Waals surface area contributed by atoms with Gasteiger partial charge < -0.3 is 25.0 Å². The van der Waals surface area contributed by atoms with E-state index in [4.69, 9.17) is 19.4 Å². The van der Waals surface area contributed by atoms with E-state index in [9.17, 15) is 27.6 Å². The zero-order chi connectivity index (χ0) is 40.5. The molecule has 3 aromatic rings. The molecule has 1 aliphatic heterocycles. The lowest BCUT2D eigenvalue weighted by Crippen LogP contribution is -2.60. The number of nitrogens with zero attached hydrogens (tertiary/aromatic N) is 4. The van der Waals surface area contributed by atoms with E-state index >= 15 is 0 Å². The summed E-state index contributed by atoms with van der Waals surface area (Å²) in [6.45, 7) is 9.13. The van der Waals surface area contributed by atoms with Crippen LogP contribution in [0, 0.1) is 11.3 Å². The van der Waals surface area contributed by atoms with Crippen molar-refractivity contribution in [2.75, 3.05) is 6.54 Å². The first-order valence-electron chi connectivity index (χ1n) is 19.1. The van der Waals surface area contributed by atoms with Crippen LogP contribution in [-0.2, 0) is 29.1 Å². The molecule has 2 aromatic heterocycles. The standard InChI is InChI=1S/C39H47N7O8S3/c1-5-24-21-39(24,35(49)45-57(51,52)27-15-16-27)44-33(47)28-19-26(22-46(28)34(48)31(38(2,3)4)43-36(50)54-25-13-9-10-14-25)53-29-20-30(56-37-40-17-18-55-37)42-32(41-29)23-11-7-6-8-12-23/h5-8,11-12,17-18,20,24-28,31H,1,9-10,13-16,19,21-22H2,2-4H3,(H,43,50)(H,44,47)(H,45,49)/t24?,26-,28+,31-,39-/m1/s1. The highest BCUT2D eigenvalue weighted by atomic mass is 32.2. The van der Waals surface area contributed by atoms with Crippen molar-refractivity contribution < 1.29 is 37.1 Å². The van der Waals surface area contributed by atoms with Gasteiger partial charge in [0.2, 0.25) is 27.7 Å². The van der Waals surface area contributed by atoms with Crippen LogP contribution in [0.15, 0.2) is 70.0 Å². The van der Waals surface area contributed by atoms with E-state index in [0.29, 0.717) is 23.7 Å². The van der Waals surface area contributed by atoms with E-state index in [1.807, 2.05) is 35.7 Å². The number of carbonyl (C=O) groups excluding carboxylic acids is 4. The highest BCUT2D eigenvalue weighted by molar-refractivity contribution is 8.01. The molecule has 0 radical (unpaired) electrons. The molecule has 18 heteroatoms. The van der Waals surface area contributed by atoms with Crippen molar-refractivity contribution in [2.24, 2.45) is 11.3 Å². The normalized spacial score (nSPS) is 24.0. The number of rotatable bonds is 14. The monoisotopic (exact) mass is 837 g/mol. The van der Waals surface area contributed by atoms with E-state index in [1.54, 1.807) is 33.0 Å². The van der Waals surface area contributed by atoms with Crippen LogP contribution in [-0.4, -0.2) is 93.7 Å². The highest BCUT2D eigenvalue weighted by Crippen LogP contribution is 2.45. The van der Waals surface area contributed by atoms with Gasteiger partial charge in [0.15, 0.2) is 10.2 Å². The number of hydrogen-bond acceptors (Lipinski definition) is 13. The molecule has 5 atom stereocenters. The Kier molecular flexibility index (Phi) is 11.7. The lowest BCUT2D eigenvalue weighted by Gasteiger charge is -2.35. The largest absolute Gasteiger partial charge is 0.472 e. The summed E-state index contributed by atoms with van der Waals surface area (Å²) in [5.41, 5.74) is -1.63. The van der Waals surface area contributed by atoms with Crippen molar-refractivity contribution in [1.29, 1.82) is 0 Å². The summed E-state index contributed by atoms with van der Waals surface area (Å²) < 4.78 is 40.6. The molecule has 0 bridgehead atoms. The lowest BCUT2D eigenvalue weighted by molar-refractivity contribution is -0.143. The molecule has 4 amide bonds. The van der Waals surface area contributed by atoms with Gasteiger partial charge >= 0.3 is 6.09 Å². The summed E-state index contributed by atoms with van der Waals surface area (Å²) in [4.78, 5) is 71.0. The SMILES string of the molecule is C=CC1C[C@]1(NC(=O)[C@@H]1C[C@@H](Oc2cc(Sc3nccs3)nc(-c3ccccc3)n2)CN1C(=O)[C@@H](NC(=O)OC1CCCC1)C(C)(C)C)C(=O)NS(=O)(=O)C1CC1. The Morgan fingerprint density at radius 3 is 2.44 bits per heavy atom. The fourth-order valence-corrected chi connectivity index (χ4v) is 10.2. The van der Waals surface area contributed by atoms with Gasteiger partial charge in [-0.05, 0) is 62.1 Å². The number of nitrogens with one attached hydrogen (secondary N) is 3. The summed E-state index contributed by atoms with van der Waals surface area (Å²) in [5, 5.41) is 7.37. The minimum atomic E-state index is -3.91. The fourth-order valence-electron chi connectivity index (χ4n) is 7.27. The lowest BCUT2D eigenvalue weighted by atomic mass is 9.85. The molecule has 4 fully saturated rings. The first-order chi connectivity index (χ1) is 27.1. The van der Waals surface area contributed by atoms with Gasteiger partial charge in [-0.15, -0.1) is 17.9 Å². The van der Waals surface area contributed by atoms with E-state index < -0.39 is 74.1 Å². The number of carbonyl (C=O) groups is 4. The van der Waals surface area contributed by atoms with E-state index in [2.05, 4.69) is 26.9 Å². The number of benzene rings is 1. The van der Waals surface area contributed by atoms with Gasteiger partial charge in [-0.1, -0.05) is 57.2 Å². The minimum absolute atomic E-state index is 0.00257. The van der Waals surface area contributed by atoms with Crippen molar-refractivity contribution in [3.63, 3.8) is 0 Å².